The Morgan fingerprint density at radius 1 is 1.71 bits per heavy atom. The topological polar surface area (TPSA) is 57.9 Å². The molecule has 3 nitrogen and oxygen atoms in total. The largest absolute Gasteiger partial charge is 0.255 e. The fourth-order valence-corrected chi connectivity index (χ4v) is 0.220. The van der Waals surface area contributed by atoms with E-state index >= 15 is 0 Å². The maximum atomic E-state index is 9.88. The van der Waals surface area contributed by atoms with Gasteiger partial charge in [0.05, 0.1) is 0 Å². The summed E-state index contributed by atoms with van der Waals surface area (Å²) in [5.74, 6) is 0. The summed E-state index contributed by atoms with van der Waals surface area (Å²) < 4.78 is 19.8. The lowest BCUT2D eigenvalue weighted by molar-refractivity contribution is 0.609. The number of rotatable bonds is 1. The molecule has 40 valence electrons. The van der Waals surface area contributed by atoms with Crippen LogP contribution in [0.1, 0.15) is 0 Å². The van der Waals surface area contributed by atoms with E-state index in [4.69, 9.17) is 16.9 Å². The molecule has 0 aromatic carbocycles. The van der Waals surface area contributed by atoms with E-state index < -0.39 is 15.0 Å². The van der Waals surface area contributed by atoms with Gasteiger partial charge in [0.1, 0.15) is 5.21 Å². The maximum Gasteiger partial charge on any atom is 0.255 e. The van der Waals surface area contributed by atoms with Crippen molar-refractivity contribution in [2.24, 2.45) is 0 Å². The lowest BCUT2D eigenvalue weighted by Crippen LogP contribution is -1.93. The van der Waals surface area contributed by atoms with Gasteiger partial charge in [0, 0.05) is 0 Å². The van der Waals surface area contributed by atoms with E-state index in [1.54, 1.807) is 0 Å². The van der Waals surface area contributed by atoms with Gasteiger partial charge in [-0.3, -0.25) is 0 Å². The minimum absolute atomic E-state index is 0.622. The molecular weight excluding hydrogens is 138 g/mol. The number of alkyl halides is 1. The van der Waals surface area contributed by atoms with Crippen LogP contribution in [0.5, 0.6) is 0 Å². The van der Waals surface area contributed by atoms with Crippen molar-refractivity contribution in [2.45, 2.75) is 0 Å². The van der Waals surface area contributed by atoms with Crippen molar-refractivity contribution in [2.75, 3.05) is 5.21 Å². The van der Waals surface area contributed by atoms with Crippen molar-refractivity contribution >= 4 is 21.4 Å². The first-order valence-corrected chi connectivity index (χ1v) is 3.50. The van der Waals surface area contributed by atoms with Crippen LogP contribution in [0.3, 0.4) is 0 Å². The average molecular weight is 140 g/mol. The molecule has 0 spiro atoms. The Morgan fingerprint density at radius 2 is 2.14 bits per heavy atom. The highest BCUT2D eigenvalue weighted by Crippen LogP contribution is 1.87. The van der Waals surface area contributed by atoms with Gasteiger partial charge in [-0.1, -0.05) is 0 Å². The number of thiocyanates is 1. The highest BCUT2D eigenvalue weighted by atomic mass is 35.5. The molecule has 0 fully saturated rings. The van der Waals surface area contributed by atoms with Gasteiger partial charge in [-0.25, -0.2) is 8.42 Å². The van der Waals surface area contributed by atoms with Gasteiger partial charge >= 0.3 is 0 Å². The molecule has 0 heterocycles. The van der Waals surface area contributed by atoms with E-state index in [1.807, 2.05) is 0 Å². The molecule has 0 saturated heterocycles. The molecule has 0 aromatic rings. The van der Waals surface area contributed by atoms with Crippen molar-refractivity contribution in [3.05, 3.63) is 0 Å². The van der Waals surface area contributed by atoms with Gasteiger partial charge in [0.25, 0.3) is 9.84 Å². The van der Waals surface area contributed by atoms with Crippen molar-refractivity contribution in [1.82, 2.24) is 0 Å². The van der Waals surface area contributed by atoms with Gasteiger partial charge in [-0.15, -0.1) is 11.6 Å². The Kier molecular flexibility index (Phi) is 2.06. The van der Waals surface area contributed by atoms with Gasteiger partial charge < -0.3 is 0 Å². The van der Waals surface area contributed by atoms with Crippen molar-refractivity contribution in [1.29, 1.82) is 5.26 Å². The molecule has 0 aliphatic carbocycles. The first-order valence-electron chi connectivity index (χ1n) is 1.32. The zero-order valence-electron chi connectivity index (χ0n) is 3.26. The number of hydrogen-bond donors (Lipinski definition) is 0. The summed E-state index contributed by atoms with van der Waals surface area (Å²) in [5.41, 5.74) is 0. The molecule has 0 amide bonds. The summed E-state index contributed by atoms with van der Waals surface area (Å²) >= 11 is 4.78. The van der Waals surface area contributed by atoms with Gasteiger partial charge in [0.2, 0.25) is 0 Å². The molecule has 5 heteroatoms. The van der Waals surface area contributed by atoms with Crippen LogP contribution in [0.4, 0.5) is 0 Å². The molecule has 0 aliphatic heterocycles. The minimum atomic E-state index is -3.59. The number of nitrogens with zero attached hydrogens (tertiary/aromatic N) is 1. The fraction of sp³-hybridized carbons (Fsp3) is 0.500. The Bertz CT molecular complexity index is 176. The van der Waals surface area contributed by atoms with Gasteiger partial charge in [0.15, 0.2) is 5.40 Å². The fourth-order valence-electron chi connectivity index (χ4n) is 0.0244. The average Bonchev–Trinajstić information content (AvgIpc) is 1.68. The molecule has 0 aliphatic rings. The van der Waals surface area contributed by atoms with Crippen LogP contribution in [0, 0.1) is 10.7 Å². The smallest absolute Gasteiger partial charge is 0.212 e. The molecule has 0 radical (unpaired) electrons. The van der Waals surface area contributed by atoms with Gasteiger partial charge in [-0.2, -0.15) is 5.26 Å². The van der Waals surface area contributed by atoms with E-state index in [1.165, 1.54) is 0 Å². The van der Waals surface area contributed by atoms with Crippen molar-refractivity contribution in [3.63, 3.8) is 0 Å². The molecule has 0 bridgehead atoms. The first-order chi connectivity index (χ1) is 3.12. The minimum Gasteiger partial charge on any atom is -0.212 e. The van der Waals surface area contributed by atoms with Crippen molar-refractivity contribution < 1.29 is 8.42 Å². The van der Waals surface area contributed by atoms with E-state index in [0.29, 0.717) is 0 Å². The summed E-state index contributed by atoms with van der Waals surface area (Å²) in [6, 6.07) is 0. The monoisotopic (exact) mass is 139 g/mol. The third kappa shape index (κ3) is 2.43. The quantitative estimate of drug-likeness (QED) is 0.294. The summed E-state index contributed by atoms with van der Waals surface area (Å²) in [4.78, 5) is 0. The summed E-state index contributed by atoms with van der Waals surface area (Å²) in [6.07, 6.45) is 0. The molecule has 0 aromatic heterocycles. The predicted octanol–water partition coefficient (Wildman–Crippen LogP) is 0.0786. The highest BCUT2D eigenvalue weighted by Gasteiger charge is 2.02. The zero-order chi connectivity index (χ0) is 5.91. The predicted molar refractivity (Wildman–Crippen MR) is 25.3 cm³/mol. The van der Waals surface area contributed by atoms with E-state index in [-0.39, 0.29) is 0 Å². The van der Waals surface area contributed by atoms with Crippen LogP contribution in [0.2, 0.25) is 0 Å². The number of halogens is 1. The lowest BCUT2D eigenvalue weighted by atomic mass is 11.8. The van der Waals surface area contributed by atoms with Crippen LogP contribution in [0.15, 0.2) is 0 Å². The molecule has 0 N–H and O–H groups in total. The molecular formula is C2H2ClNO2S. The summed E-state index contributed by atoms with van der Waals surface area (Å²) in [6.45, 7) is 0. The molecule has 7 heavy (non-hydrogen) atoms. The summed E-state index contributed by atoms with van der Waals surface area (Å²) in [7, 11) is -3.59. The lowest BCUT2D eigenvalue weighted by Gasteiger charge is -1.75. The Balaban J connectivity index is 4.28. The maximum absolute atomic E-state index is 9.88. The number of hydrogen-bond acceptors (Lipinski definition) is 3. The van der Waals surface area contributed by atoms with E-state index in [9.17, 15) is 8.42 Å². The van der Waals surface area contributed by atoms with Crippen molar-refractivity contribution in [3.8, 4) is 5.40 Å². The molecule has 0 rings (SSSR count). The van der Waals surface area contributed by atoms with Crippen LogP contribution < -0.4 is 0 Å². The normalized spacial score (nSPS) is 10.3. The Morgan fingerprint density at radius 3 is 2.14 bits per heavy atom. The van der Waals surface area contributed by atoms with Crippen LogP contribution >= 0.6 is 11.6 Å². The van der Waals surface area contributed by atoms with Crippen LogP contribution in [-0.2, 0) is 9.84 Å². The Labute approximate surface area is 46.4 Å². The van der Waals surface area contributed by atoms with Crippen LogP contribution in [0.25, 0.3) is 0 Å². The number of sulfone groups is 1. The third-order valence-corrected chi connectivity index (χ3v) is 1.71. The second-order valence-corrected chi connectivity index (χ2v) is 3.10. The molecule has 0 saturated carbocycles. The third-order valence-electron chi connectivity index (χ3n) is 0.283. The standard InChI is InChI=1S/C2H2ClNO2S/c3-1-7(5,6)2-4/h1H2. The van der Waals surface area contributed by atoms with Gasteiger partial charge in [-0.05, 0) is 0 Å². The summed E-state index contributed by atoms with van der Waals surface area (Å²) in [5, 5.41) is 8.08. The second kappa shape index (κ2) is 2.15. The van der Waals surface area contributed by atoms with E-state index in [2.05, 4.69) is 0 Å². The number of nitriles is 1. The highest BCUT2D eigenvalue weighted by molar-refractivity contribution is 7.96. The zero-order valence-corrected chi connectivity index (χ0v) is 4.83. The SMILES string of the molecule is N#CS(=O)(=O)CCl. The molecule has 0 atom stereocenters. The van der Waals surface area contributed by atoms with E-state index in [0.717, 1.165) is 5.40 Å². The van der Waals surface area contributed by atoms with Crippen LogP contribution in [-0.4, -0.2) is 13.6 Å². The second-order valence-electron chi connectivity index (χ2n) is 0.815. The molecule has 0 unspecified atom stereocenters. The Hall–Kier alpha value is -0.270. The first kappa shape index (κ1) is 6.73.